The lowest BCUT2D eigenvalue weighted by Gasteiger charge is -2.29. The predicted octanol–water partition coefficient (Wildman–Crippen LogP) is 1.65. The van der Waals surface area contributed by atoms with Gasteiger partial charge in [-0.15, -0.1) is 0 Å². The van der Waals surface area contributed by atoms with Gasteiger partial charge in [-0.1, -0.05) is 44.2 Å². The molecule has 0 spiro atoms. The topological polar surface area (TPSA) is 58.6 Å². The lowest BCUT2D eigenvalue weighted by atomic mass is 9.96. The van der Waals surface area contributed by atoms with Crippen molar-refractivity contribution in [3.8, 4) is 0 Å². The second-order valence-electron chi connectivity index (χ2n) is 5.39. The number of carboxylic acid groups (broad SMARTS) is 1. The SMILES string of the molecule is CC(C)(COOC(C)(C)c1ccccc1)C(=O)[O-]. The number of hydrogen-bond acceptors (Lipinski definition) is 4. The molecule has 0 aliphatic rings. The van der Waals surface area contributed by atoms with Crippen molar-refractivity contribution in [2.45, 2.75) is 33.3 Å². The molecular formula is C14H19O4-. The first-order chi connectivity index (χ1) is 8.26. The molecule has 0 radical (unpaired) electrons. The maximum Gasteiger partial charge on any atom is 0.123 e. The summed E-state index contributed by atoms with van der Waals surface area (Å²) in [6, 6.07) is 9.58. The van der Waals surface area contributed by atoms with Crippen LogP contribution in [-0.4, -0.2) is 12.6 Å². The van der Waals surface area contributed by atoms with Gasteiger partial charge in [0.25, 0.3) is 0 Å². The molecule has 0 bridgehead atoms. The van der Waals surface area contributed by atoms with Crippen molar-refractivity contribution in [1.82, 2.24) is 0 Å². The standard InChI is InChI=1S/C14H20O4/c1-13(2,12(15)16)10-17-18-14(3,4)11-8-6-5-7-9-11/h5-9H,10H2,1-4H3,(H,15,16)/p-1. The first-order valence-corrected chi connectivity index (χ1v) is 5.83. The Balaban J connectivity index is 2.56. The molecule has 0 aliphatic carbocycles. The molecular weight excluding hydrogens is 232 g/mol. The lowest BCUT2D eigenvalue weighted by Crippen LogP contribution is -2.41. The number of carbonyl (C=O) groups is 1. The molecule has 4 nitrogen and oxygen atoms in total. The smallest absolute Gasteiger partial charge is 0.123 e. The van der Waals surface area contributed by atoms with Crippen molar-refractivity contribution in [3.63, 3.8) is 0 Å². The summed E-state index contributed by atoms with van der Waals surface area (Å²) in [6.45, 7) is 6.71. The fourth-order valence-electron chi connectivity index (χ4n) is 1.27. The van der Waals surface area contributed by atoms with Crippen molar-refractivity contribution in [2.75, 3.05) is 6.61 Å². The van der Waals surface area contributed by atoms with Gasteiger partial charge >= 0.3 is 0 Å². The Bertz CT molecular complexity index is 396. The molecule has 100 valence electrons. The van der Waals surface area contributed by atoms with Gasteiger partial charge < -0.3 is 9.90 Å². The molecule has 0 saturated heterocycles. The Morgan fingerprint density at radius 2 is 1.72 bits per heavy atom. The van der Waals surface area contributed by atoms with E-state index in [1.165, 1.54) is 13.8 Å². The van der Waals surface area contributed by atoms with E-state index in [1.54, 1.807) is 0 Å². The molecule has 0 amide bonds. The first-order valence-electron chi connectivity index (χ1n) is 5.83. The highest BCUT2D eigenvalue weighted by molar-refractivity contribution is 5.71. The molecule has 0 atom stereocenters. The predicted molar refractivity (Wildman–Crippen MR) is 65.3 cm³/mol. The van der Waals surface area contributed by atoms with Gasteiger partial charge in [0.15, 0.2) is 0 Å². The van der Waals surface area contributed by atoms with Gasteiger partial charge in [0, 0.05) is 11.4 Å². The van der Waals surface area contributed by atoms with E-state index in [4.69, 9.17) is 9.78 Å². The fraction of sp³-hybridized carbons (Fsp3) is 0.500. The van der Waals surface area contributed by atoms with Crippen molar-refractivity contribution in [1.29, 1.82) is 0 Å². The zero-order valence-electron chi connectivity index (χ0n) is 11.2. The van der Waals surface area contributed by atoms with Crippen molar-refractivity contribution >= 4 is 5.97 Å². The van der Waals surface area contributed by atoms with Crippen LogP contribution in [0, 0.1) is 5.41 Å². The van der Waals surface area contributed by atoms with E-state index in [2.05, 4.69) is 0 Å². The largest absolute Gasteiger partial charge is 0.549 e. The fourth-order valence-corrected chi connectivity index (χ4v) is 1.27. The summed E-state index contributed by atoms with van der Waals surface area (Å²) in [5.74, 6) is -1.16. The van der Waals surface area contributed by atoms with Gasteiger partial charge in [-0.25, -0.2) is 9.78 Å². The molecule has 1 aromatic rings. The van der Waals surface area contributed by atoms with E-state index in [9.17, 15) is 9.90 Å². The zero-order valence-corrected chi connectivity index (χ0v) is 11.2. The summed E-state index contributed by atoms with van der Waals surface area (Å²) >= 11 is 0. The van der Waals surface area contributed by atoms with Gasteiger partial charge in [0.1, 0.15) is 5.60 Å². The normalized spacial score (nSPS) is 12.4. The zero-order chi connectivity index (χ0) is 13.8. The molecule has 0 fully saturated rings. The second-order valence-corrected chi connectivity index (χ2v) is 5.39. The Hall–Kier alpha value is -1.39. The first kappa shape index (κ1) is 14.7. The third kappa shape index (κ3) is 3.82. The summed E-state index contributed by atoms with van der Waals surface area (Å²) in [7, 11) is 0. The summed E-state index contributed by atoms with van der Waals surface area (Å²) in [5.41, 5.74) is -0.757. The third-order valence-corrected chi connectivity index (χ3v) is 2.71. The Morgan fingerprint density at radius 1 is 1.17 bits per heavy atom. The van der Waals surface area contributed by atoms with Crippen LogP contribution in [0.3, 0.4) is 0 Å². The molecule has 1 aromatic carbocycles. The van der Waals surface area contributed by atoms with Crippen LogP contribution in [0.2, 0.25) is 0 Å². The molecule has 0 N–H and O–H groups in total. The number of hydrogen-bond donors (Lipinski definition) is 0. The van der Waals surface area contributed by atoms with Crippen LogP contribution in [0.4, 0.5) is 0 Å². The van der Waals surface area contributed by atoms with Gasteiger partial charge in [-0.3, -0.25) is 0 Å². The molecule has 18 heavy (non-hydrogen) atoms. The quantitative estimate of drug-likeness (QED) is 0.569. The van der Waals surface area contributed by atoms with E-state index in [-0.39, 0.29) is 6.61 Å². The minimum atomic E-state index is -1.16. The summed E-state index contributed by atoms with van der Waals surface area (Å²) in [6.07, 6.45) is 0. The number of carboxylic acids is 1. The summed E-state index contributed by atoms with van der Waals surface area (Å²) in [5, 5.41) is 10.8. The highest BCUT2D eigenvalue weighted by Gasteiger charge is 2.25. The van der Waals surface area contributed by atoms with Crippen LogP contribution in [0.5, 0.6) is 0 Å². The molecule has 0 aromatic heterocycles. The van der Waals surface area contributed by atoms with Crippen molar-refractivity contribution in [2.24, 2.45) is 5.41 Å². The second kappa shape index (κ2) is 5.50. The molecule has 0 unspecified atom stereocenters. The van der Waals surface area contributed by atoms with Crippen LogP contribution < -0.4 is 5.11 Å². The Kier molecular flexibility index (Phi) is 4.48. The number of rotatable bonds is 6. The maximum atomic E-state index is 10.8. The Labute approximate surface area is 107 Å². The molecule has 0 saturated carbocycles. The summed E-state index contributed by atoms with van der Waals surface area (Å²) in [4.78, 5) is 21.2. The minimum absolute atomic E-state index is 0.0639. The number of carbonyl (C=O) groups excluding carboxylic acids is 1. The average Bonchev–Trinajstić information content (AvgIpc) is 2.29. The van der Waals surface area contributed by atoms with Gasteiger partial charge in [0.05, 0.1) is 6.61 Å². The van der Waals surface area contributed by atoms with E-state index < -0.39 is 17.0 Å². The van der Waals surface area contributed by atoms with E-state index in [0.717, 1.165) is 5.56 Å². The van der Waals surface area contributed by atoms with Crippen LogP contribution in [-0.2, 0) is 20.2 Å². The highest BCUT2D eigenvalue weighted by atomic mass is 17.2. The van der Waals surface area contributed by atoms with Gasteiger partial charge in [-0.05, 0) is 19.4 Å². The lowest BCUT2D eigenvalue weighted by molar-refractivity contribution is -0.376. The maximum absolute atomic E-state index is 10.8. The minimum Gasteiger partial charge on any atom is -0.549 e. The number of aliphatic carboxylic acids is 1. The van der Waals surface area contributed by atoms with Crippen molar-refractivity contribution < 1.29 is 19.7 Å². The van der Waals surface area contributed by atoms with E-state index in [1.807, 2.05) is 44.2 Å². The molecule has 0 heterocycles. The van der Waals surface area contributed by atoms with E-state index >= 15 is 0 Å². The van der Waals surface area contributed by atoms with Gasteiger partial charge in [0.2, 0.25) is 0 Å². The molecule has 4 heteroatoms. The van der Waals surface area contributed by atoms with Crippen LogP contribution >= 0.6 is 0 Å². The van der Waals surface area contributed by atoms with Gasteiger partial charge in [-0.2, -0.15) is 0 Å². The summed E-state index contributed by atoms with van der Waals surface area (Å²) < 4.78 is 0. The Morgan fingerprint density at radius 3 is 2.22 bits per heavy atom. The van der Waals surface area contributed by atoms with E-state index in [0.29, 0.717) is 0 Å². The average molecular weight is 251 g/mol. The number of benzene rings is 1. The molecule has 1 rings (SSSR count). The van der Waals surface area contributed by atoms with Crippen molar-refractivity contribution in [3.05, 3.63) is 35.9 Å². The monoisotopic (exact) mass is 251 g/mol. The van der Waals surface area contributed by atoms with Crippen LogP contribution in [0.25, 0.3) is 0 Å². The highest BCUT2D eigenvalue weighted by Crippen LogP contribution is 2.25. The molecule has 0 aliphatic heterocycles. The van der Waals surface area contributed by atoms with Crippen LogP contribution in [0.1, 0.15) is 33.3 Å². The van der Waals surface area contributed by atoms with Crippen LogP contribution in [0.15, 0.2) is 30.3 Å². The third-order valence-electron chi connectivity index (χ3n) is 2.71.